The third-order valence-electron chi connectivity index (χ3n) is 3.29. The van der Waals surface area contributed by atoms with Gasteiger partial charge in [0, 0.05) is 19.0 Å². The Morgan fingerprint density at radius 3 is 2.48 bits per heavy atom. The number of anilines is 1. The Kier molecular flexibility index (Phi) is 4.07. The predicted molar refractivity (Wildman–Crippen MR) is 78.7 cm³/mol. The Hall–Kier alpha value is -2.63. The highest BCUT2D eigenvalue weighted by atomic mass is 16.4. The molecule has 21 heavy (non-hydrogen) atoms. The van der Waals surface area contributed by atoms with E-state index in [1.54, 1.807) is 0 Å². The summed E-state index contributed by atoms with van der Waals surface area (Å²) in [6, 6.07) is 8.73. The number of hydrogen-bond acceptors (Lipinski definition) is 4. The van der Waals surface area contributed by atoms with Crippen LogP contribution in [0.15, 0.2) is 24.3 Å². The highest BCUT2D eigenvalue weighted by Gasteiger charge is 2.17. The first-order valence-electron chi connectivity index (χ1n) is 6.46. The van der Waals surface area contributed by atoms with Crippen molar-refractivity contribution in [3.8, 4) is 0 Å². The number of aromatic nitrogens is 1. The van der Waals surface area contributed by atoms with Gasteiger partial charge in [-0.25, -0.2) is 14.6 Å². The van der Waals surface area contributed by atoms with Crippen molar-refractivity contribution in [1.82, 2.24) is 4.98 Å². The van der Waals surface area contributed by atoms with E-state index in [1.807, 2.05) is 0 Å². The summed E-state index contributed by atoms with van der Waals surface area (Å²) in [5.41, 5.74) is 3.79. The van der Waals surface area contributed by atoms with Crippen molar-refractivity contribution in [3.05, 3.63) is 35.4 Å². The summed E-state index contributed by atoms with van der Waals surface area (Å²) in [4.78, 5) is 25.1. The lowest BCUT2D eigenvalue weighted by Crippen LogP contribution is -2.13. The normalized spacial score (nSPS) is 12.6. The molecule has 1 aliphatic heterocycles. The summed E-state index contributed by atoms with van der Waals surface area (Å²) >= 11 is 0. The standard InChI is InChI=1S/C13H14N2.C2H2O4/c1-9-3-4-12-11(7-9)8-10-5-6-15(2)13(10)14-12;3-1(4)2(5)6/h3-4,7-8H,5-6H2,1-2H3;(H,3,4)(H,5,6). The van der Waals surface area contributed by atoms with E-state index in [4.69, 9.17) is 24.8 Å². The molecule has 1 aliphatic rings. The number of carboxylic acid groups (broad SMARTS) is 2. The van der Waals surface area contributed by atoms with E-state index in [0.717, 1.165) is 24.3 Å². The summed E-state index contributed by atoms with van der Waals surface area (Å²) in [6.07, 6.45) is 1.13. The van der Waals surface area contributed by atoms with Crippen molar-refractivity contribution in [1.29, 1.82) is 0 Å². The van der Waals surface area contributed by atoms with Gasteiger partial charge in [-0.1, -0.05) is 11.6 Å². The van der Waals surface area contributed by atoms with Gasteiger partial charge in [0.05, 0.1) is 5.52 Å². The maximum atomic E-state index is 9.10. The highest BCUT2D eigenvalue weighted by Crippen LogP contribution is 2.28. The van der Waals surface area contributed by atoms with Crippen molar-refractivity contribution >= 4 is 28.7 Å². The molecule has 0 saturated carbocycles. The molecule has 110 valence electrons. The number of carboxylic acids is 2. The summed E-state index contributed by atoms with van der Waals surface area (Å²) in [5, 5.41) is 16.1. The van der Waals surface area contributed by atoms with Crippen LogP contribution in [0.3, 0.4) is 0 Å². The van der Waals surface area contributed by atoms with Gasteiger partial charge in [-0.15, -0.1) is 0 Å². The Bertz CT molecular complexity index is 700. The molecule has 0 spiro atoms. The van der Waals surface area contributed by atoms with Crippen LogP contribution in [0.2, 0.25) is 0 Å². The first kappa shape index (κ1) is 14.8. The summed E-state index contributed by atoms with van der Waals surface area (Å²) in [5.74, 6) is -2.49. The summed E-state index contributed by atoms with van der Waals surface area (Å²) < 4.78 is 0. The smallest absolute Gasteiger partial charge is 0.414 e. The fourth-order valence-corrected chi connectivity index (χ4v) is 2.24. The van der Waals surface area contributed by atoms with Crippen LogP contribution in [0.5, 0.6) is 0 Å². The first-order valence-corrected chi connectivity index (χ1v) is 6.46. The third-order valence-corrected chi connectivity index (χ3v) is 3.29. The number of likely N-dealkylation sites (N-methyl/N-ethyl adjacent to an activating group) is 1. The minimum absolute atomic E-state index is 1.09. The van der Waals surface area contributed by atoms with Crippen LogP contribution >= 0.6 is 0 Å². The molecule has 0 atom stereocenters. The van der Waals surface area contributed by atoms with Crippen molar-refractivity contribution in [3.63, 3.8) is 0 Å². The predicted octanol–water partition coefficient (Wildman–Crippen LogP) is 1.69. The minimum atomic E-state index is -1.82. The number of carbonyl (C=O) groups is 2. The number of aryl methyl sites for hydroxylation is 1. The third kappa shape index (κ3) is 3.28. The maximum absolute atomic E-state index is 9.10. The molecule has 2 N–H and O–H groups in total. The second-order valence-electron chi connectivity index (χ2n) is 4.95. The molecule has 0 aliphatic carbocycles. The lowest BCUT2D eigenvalue weighted by Gasteiger charge is -2.11. The van der Waals surface area contributed by atoms with Gasteiger partial charge in [-0.2, -0.15) is 0 Å². The van der Waals surface area contributed by atoms with E-state index in [1.165, 1.54) is 16.5 Å². The molecule has 2 heterocycles. The molecule has 2 aromatic rings. The van der Waals surface area contributed by atoms with E-state index in [0.29, 0.717) is 0 Å². The number of benzene rings is 1. The van der Waals surface area contributed by atoms with Crippen LogP contribution in [-0.4, -0.2) is 40.7 Å². The zero-order chi connectivity index (χ0) is 15.6. The second-order valence-corrected chi connectivity index (χ2v) is 4.95. The topological polar surface area (TPSA) is 90.7 Å². The van der Waals surface area contributed by atoms with Gasteiger partial charge >= 0.3 is 11.9 Å². The van der Waals surface area contributed by atoms with E-state index < -0.39 is 11.9 Å². The Morgan fingerprint density at radius 1 is 1.19 bits per heavy atom. The van der Waals surface area contributed by atoms with Gasteiger partial charge in [0.2, 0.25) is 0 Å². The maximum Gasteiger partial charge on any atom is 0.414 e. The van der Waals surface area contributed by atoms with E-state index in [-0.39, 0.29) is 0 Å². The molecular formula is C15H16N2O4. The molecule has 0 amide bonds. The quantitative estimate of drug-likeness (QED) is 0.717. The van der Waals surface area contributed by atoms with Crippen LogP contribution in [0.4, 0.5) is 5.82 Å². The molecule has 0 bridgehead atoms. The largest absolute Gasteiger partial charge is 0.473 e. The van der Waals surface area contributed by atoms with Crippen LogP contribution < -0.4 is 4.90 Å². The SMILES string of the molecule is Cc1ccc2nc3c(cc2c1)CCN3C.O=C(O)C(=O)O. The Labute approximate surface area is 121 Å². The van der Waals surface area contributed by atoms with Gasteiger partial charge in [0.25, 0.3) is 0 Å². The van der Waals surface area contributed by atoms with Crippen molar-refractivity contribution in [2.75, 3.05) is 18.5 Å². The van der Waals surface area contributed by atoms with E-state index in [2.05, 4.69) is 43.1 Å². The lowest BCUT2D eigenvalue weighted by atomic mass is 10.1. The zero-order valence-corrected chi connectivity index (χ0v) is 11.8. The fourth-order valence-electron chi connectivity index (χ4n) is 2.24. The Morgan fingerprint density at radius 2 is 1.86 bits per heavy atom. The molecule has 6 nitrogen and oxygen atoms in total. The first-order chi connectivity index (χ1) is 9.88. The van der Waals surface area contributed by atoms with Gasteiger partial charge < -0.3 is 15.1 Å². The average Bonchev–Trinajstić information content (AvgIpc) is 2.78. The summed E-state index contributed by atoms with van der Waals surface area (Å²) in [7, 11) is 2.11. The molecule has 1 aromatic carbocycles. The van der Waals surface area contributed by atoms with Gasteiger partial charge in [0.15, 0.2) is 0 Å². The molecule has 0 unspecified atom stereocenters. The molecular weight excluding hydrogens is 272 g/mol. The number of pyridine rings is 1. The number of fused-ring (bicyclic) bond motifs is 2. The van der Waals surface area contributed by atoms with Crippen LogP contribution in [0.25, 0.3) is 10.9 Å². The molecule has 0 saturated heterocycles. The van der Waals surface area contributed by atoms with Crippen LogP contribution in [0, 0.1) is 6.92 Å². The fraction of sp³-hybridized carbons (Fsp3) is 0.267. The second kappa shape index (κ2) is 5.78. The monoisotopic (exact) mass is 288 g/mol. The van der Waals surface area contributed by atoms with Crippen LogP contribution in [-0.2, 0) is 16.0 Å². The molecule has 1 aromatic heterocycles. The molecule has 6 heteroatoms. The lowest BCUT2D eigenvalue weighted by molar-refractivity contribution is -0.159. The van der Waals surface area contributed by atoms with Gasteiger partial charge in [0.1, 0.15) is 5.82 Å². The number of rotatable bonds is 0. The Balaban J connectivity index is 0.000000232. The van der Waals surface area contributed by atoms with Crippen molar-refractivity contribution in [2.24, 2.45) is 0 Å². The minimum Gasteiger partial charge on any atom is -0.473 e. The van der Waals surface area contributed by atoms with Crippen molar-refractivity contribution < 1.29 is 19.8 Å². The van der Waals surface area contributed by atoms with E-state index >= 15 is 0 Å². The zero-order valence-electron chi connectivity index (χ0n) is 11.8. The molecule has 0 radical (unpaired) electrons. The number of aliphatic carboxylic acids is 2. The van der Waals surface area contributed by atoms with Crippen molar-refractivity contribution in [2.45, 2.75) is 13.3 Å². The number of hydrogen-bond donors (Lipinski definition) is 2. The summed E-state index contributed by atoms with van der Waals surface area (Å²) in [6.45, 7) is 3.22. The molecule has 3 rings (SSSR count). The van der Waals surface area contributed by atoms with Gasteiger partial charge in [-0.05, 0) is 37.1 Å². The van der Waals surface area contributed by atoms with Crippen LogP contribution in [0.1, 0.15) is 11.1 Å². The highest BCUT2D eigenvalue weighted by molar-refractivity contribution is 6.27. The number of nitrogens with zero attached hydrogens (tertiary/aromatic N) is 2. The van der Waals surface area contributed by atoms with Gasteiger partial charge in [-0.3, -0.25) is 0 Å². The molecule has 0 fully saturated rings. The van der Waals surface area contributed by atoms with E-state index in [9.17, 15) is 0 Å². The average molecular weight is 288 g/mol.